The molecular weight excluding hydrogens is 560 g/mol. The zero-order chi connectivity index (χ0) is 31.3. The average molecular weight is 601 g/mol. The fourth-order valence-corrected chi connectivity index (χ4v) is 5.74. The van der Waals surface area contributed by atoms with Gasteiger partial charge in [0, 0.05) is 24.0 Å². The first-order valence-electron chi connectivity index (χ1n) is 15.1. The Hall–Kier alpha value is -4.31. The van der Waals surface area contributed by atoms with Gasteiger partial charge in [-0.25, -0.2) is 0 Å². The molecule has 2 aromatic carbocycles. The molecule has 1 aliphatic heterocycles. The van der Waals surface area contributed by atoms with Crippen LogP contribution in [0.3, 0.4) is 0 Å². The van der Waals surface area contributed by atoms with E-state index in [0.717, 1.165) is 28.8 Å². The van der Waals surface area contributed by atoms with Gasteiger partial charge < -0.3 is 20.1 Å². The highest BCUT2D eigenvalue weighted by molar-refractivity contribution is 5.98. The predicted octanol–water partition coefficient (Wildman–Crippen LogP) is 2.93. The first-order valence-corrected chi connectivity index (χ1v) is 15.1. The lowest BCUT2D eigenvalue weighted by atomic mass is 9.86. The molecule has 1 aromatic heterocycles. The predicted molar refractivity (Wildman–Crippen MR) is 163 cm³/mol. The van der Waals surface area contributed by atoms with Crippen LogP contribution in [0.1, 0.15) is 49.1 Å². The number of carbonyl (C=O) groups excluding carboxylic acids is 4. The van der Waals surface area contributed by atoms with Crippen molar-refractivity contribution in [3.63, 3.8) is 0 Å². The van der Waals surface area contributed by atoms with Gasteiger partial charge in [-0.3, -0.25) is 24.3 Å². The molecule has 1 fully saturated rings. The highest BCUT2D eigenvalue weighted by Gasteiger charge is 2.50. The smallest absolute Gasteiger partial charge is 0.224 e. The van der Waals surface area contributed by atoms with Crippen molar-refractivity contribution < 1.29 is 28.7 Å². The molecule has 1 saturated heterocycles. The number of carbonyl (C=O) groups is 4. The molecule has 0 bridgehead atoms. The Bertz CT molecular complexity index is 1480. The summed E-state index contributed by atoms with van der Waals surface area (Å²) in [5.74, 6) is -1.36. The molecule has 232 valence electrons. The van der Waals surface area contributed by atoms with Gasteiger partial charge in [-0.2, -0.15) is 5.10 Å². The highest BCUT2D eigenvalue weighted by Crippen LogP contribution is 2.29. The minimum absolute atomic E-state index is 0.101. The lowest BCUT2D eigenvalue weighted by Crippen LogP contribution is -2.50. The first-order chi connectivity index (χ1) is 21.1. The molecule has 5 rings (SSSR count). The molecule has 0 spiro atoms. The number of ether oxygens (including phenoxy) is 2. The van der Waals surface area contributed by atoms with Crippen LogP contribution in [0.25, 0.3) is 0 Å². The van der Waals surface area contributed by atoms with Gasteiger partial charge in [-0.15, -0.1) is 0 Å². The summed E-state index contributed by atoms with van der Waals surface area (Å²) in [4.78, 5) is 53.8. The number of benzene rings is 2. The summed E-state index contributed by atoms with van der Waals surface area (Å²) in [6, 6.07) is 15.2. The van der Waals surface area contributed by atoms with Crippen LogP contribution in [0.2, 0.25) is 0 Å². The van der Waals surface area contributed by atoms with Crippen molar-refractivity contribution in [1.82, 2.24) is 20.8 Å². The van der Waals surface area contributed by atoms with E-state index in [1.807, 2.05) is 42.5 Å². The van der Waals surface area contributed by atoms with Crippen LogP contribution in [-0.2, 0) is 49.6 Å². The number of ketones is 2. The number of H-pyrrole nitrogens is 1. The lowest BCUT2D eigenvalue weighted by molar-refractivity contribution is -0.134. The maximum Gasteiger partial charge on any atom is 0.224 e. The fraction of sp³-hybridized carbons (Fsp3) is 0.441. The van der Waals surface area contributed by atoms with Crippen molar-refractivity contribution in [2.45, 2.75) is 70.1 Å². The molecule has 0 saturated carbocycles. The number of aryl methyl sites for hydroxylation is 1. The third-order valence-corrected chi connectivity index (χ3v) is 8.70. The van der Waals surface area contributed by atoms with Crippen molar-refractivity contribution >= 4 is 23.4 Å². The summed E-state index contributed by atoms with van der Waals surface area (Å²) in [5.41, 5.74) is 2.90. The maximum absolute atomic E-state index is 13.9. The van der Waals surface area contributed by atoms with E-state index in [4.69, 9.17) is 9.47 Å². The Kier molecular flexibility index (Phi) is 9.58. The molecule has 10 nitrogen and oxygen atoms in total. The molecule has 5 atom stereocenters. The molecule has 0 radical (unpaired) electrons. The van der Waals surface area contributed by atoms with Gasteiger partial charge in [0.2, 0.25) is 11.8 Å². The lowest BCUT2D eigenvalue weighted by Gasteiger charge is -2.25. The van der Waals surface area contributed by atoms with Gasteiger partial charge in [-0.05, 0) is 74.8 Å². The summed E-state index contributed by atoms with van der Waals surface area (Å²) in [5, 5.41) is 12.9. The topological polar surface area (TPSA) is 143 Å². The Labute approximate surface area is 257 Å². The van der Waals surface area contributed by atoms with Crippen molar-refractivity contribution in [2.75, 3.05) is 13.7 Å². The number of fused-ring (bicyclic) bond motifs is 1. The van der Waals surface area contributed by atoms with Crippen molar-refractivity contribution in [3.05, 3.63) is 83.2 Å². The van der Waals surface area contributed by atoms with Crippen LogP contribution in [0.5, 0.6) is 5.75 Å². The Morgan fingerprint density at radius 3 is 2.43 bits per heavy atom. The third kappa shape index (κ3) is 7.60. The van der Waals surface area contributed by atoms with E-state index in [9.17, 15) is 19.2 Å². The van der Waals surface area contributed by atoms with E-state index < -0.39 is 29.5 Å². The largest absolute Gasteiger partial charge is 0.497 e. The fourth-order valence-electron chi connectivity index (χ4n) is 5.74. The normalized spacial score (nSPS) is 20.8. The average Bonchev–Trinajstić information content (AvgIpc) is 3.61. The van der Waals surface area contributed by atoms with Gasteiger partial charge in [0.05, 0.1) is 32.0 Å². The van der Waals surface area contributed by atoms with Crippen LogP contribution in [0.15, 0.2) is 60.8 Å². The standard InChI is InChI=1S/C34H40N4O6/c1-21(36-32(41)24-11-14-28-26(17-24)19-35-38-28)30(39)18-25(15-23-9-12-27(43-3)13-10-23)33(42)37-29(31(40)34(2)20-44-34)16-22-7-5-4-6-8-22/h4-10,12-13,19,21,24-25,29H,11,14-18,20H2,1-3H3,(H,35,38)(H,36,41)(H,37,42)/t21-,24-,25-,29+,34-/m1/s1. The van der Waals surface area contributed by atoms with Gasteiger partial charge >= 0.3 is 0 Å². The Morgan fingerprint density at radius 2 is 1.75 bits per heavy atom. The van der Waals surface area contributed by atoms with Crippen molar-refractivity contribution in [3.8, 4) is 5.75 Å². The second-order valence-electron chi connectivity index (χ2n) is 12.1. The number of rotatable bonds is 14. The second-order valence-corrected chi connectivity index (χ2v) is 12.1. The third-order valence-electron chi connectivity index (χ3n) is 8.70. The number of hydrogen-bond donors (Lipinski definition) is 3. The van der Waals surface area contributed by atoms with Crippen molar-refractivity contribution in [2.24, 2.45) is 11.8 Å². The van der Waals surface area contributed by atoms with Gasteiger partial charge in [0.25, 0.3) is 0 Å². The molecule has 3 aromatic rings. The minimum atomic E-state index is -0.927. The first kappa shape index (κ1) is 31.1. The number of hydrogen-bond acceptors (Lipinski definition) is 7. The molecular formula is C34H40N4O6. The van der Waals surface area contributed by atoms with E-state index in [2.05, 4.69) is 20.8 Å². The van der Waals surface area contributed by atoms with Crippen LogP contribution >= 0.6 is 0 Å². The zero-order valence-electron chi connectivity index (χ0n) is 25.4. The summed E-state index contributed by atoms with van der Waals surface area (Å²) in [6.07, 6.45) is 4.19. The van der Waals surface area contributed by atoms with Crippen LogP contribution in [0.4, 0.5) is 0 Å². The number of Topliss-reactive ketones (excluding diaryl/α,β-unsaturated/α-hetero) is 2. The summed E-state index contributed by atoms with van der Waals surface area (Å²) < 4.78 is 10.7. The molecule has 3 N–H and O–H groups in total. The Balaban J connectivity index is 1.29. The molecule has 44 heavy (non-hydrogen) atoms. The van der Waals surface area contributed by atoms with E-state index >= 15 is 0 Å². The van der Waals surface area contributed by atoms with Gasteiger partial charge in [0.15, 0.2) is 11.6 Å². The highest BCUT2D eigenvalue weighted by atomic mass is 16.6. The monoisotopic (exact) mass is 600 g/mol. The Morgan fingerprint density at radius 1 is 1.05 bits per heavy atom. The number of epoxide rings is 1. The number of nitrogens with zero attached hydrogens (tertiary/aromatic N) is 1. The number of nitrogens with one attached hydrogen (secondary N) is 3. The van der Waals surface area contributed by atoms with E-state index in [0.29, 0.717) is 31.6 Å². The minimum Gasteiger partial charge on any atom is -0.497 e. The molecule has 10 heteroatoms. The molecule has 0 unspecified atom stereocenters. The van der Waals surface area contributed by atoms with Crippen LogP contribution in [-0.4, -0.2) is 65.0 Å². The van der Waals surface area contributed by atoms with E-state index in [1.54, 1.807) is 39.3 Å². The number of methoxy groups -OCH3 is 1. The van der Waals surface area contributed by atoms with Gasteiger partial charge in [-0.1, -0.05) is 42.5 Å². The van der Waals surface area contributed by atoms with E-state index in [1.165, 1.54) is 0 Å². The van der Waals surface area contributed by atoms with Crippen LogP contribution < -0.4 is 15.4 Å². The summed E-state index contributed by atoms with van der Waals surface area (Å²) in [6.45, 7) is 3.68. The number of aromatic amines is 1. The van der Waals surface area contributed by atoms with Gasteiger partial charge in [0.1, 0.15) is 11.4 Å². The van der Waals surface area contributed by atoms with Crippen molar-refractivity contribution in [1.29, 1.82) is 0 Å². The quantitative estimate of drug-likeness (QED) is 0.242. The number of amides is 2. The summed E-state index contributed by atoms with van der Waals surface area (Å²) >= 11 is 0. The molecule has 2 aliphatic rings. The number of aromatic nitrogens is 2. The molecule has 2 amide bonds. The zero-order valence-corrected chi connectivity index (χ0v) is 25.4. The summed E-state index contributed by atoms with van der Waals surface area (Å²) in [7, 11) is 1.58. The molecule has 2 heterocycles. The maximum atomic E-state index is 13.9. The van der Waals surface area contributed by atoms with Crippen LogP contribution in [0, 0.1) is 11.8 Å². The second kappa shape index (κ2) is 13.5. The van der Waals surface area contributed by atoms with E-state index in [-0.39, 0.29) is 36.2 Å². The molecule has 1 aliphatic carbocycles. The SMILES string of the molecule is COc1ccc(C[C@H](CC(=O)[C@@H](C)NC(=O)[C@@H]2CCc3[nH]ncc3C2)C(=O)N[C@@H](Cc2ccccc2)C(=O)[C@@]2(C)CO2)cc1.